The Hall–Kier alpha value is -4.20. The summed E-state index contributed by atoms with van der Waals surface area (Å²) in [6, 6.07) is 20.0. The molecule has 0 saturated heterocycles. The number of rotatable bonds is 4. The number of aliphatic imine (C=N–C) groups is 1. The third-order valence-electron chi connectivity index (χ3n) is 6.88. The summed E-state index contributed by atoms with van der Waals surface area (Å²) in [5.41, 5.74) is -1.28. The summed E-state index contributed by atoms with van der Waals surface area (Å²) in [7, 11) is 0. The molecule has 6 rings (SSSR count). The van der Waals surface area contributed by atoms with Crippen molar-refractivity contribution in [1.29, 1.82) is 0 Å². The lowest BCUT2D eigenvalue weighted by molar-refractivity contribution is -0.00867. The second-order valence-electron chi connectivity index (χ2n) is 9.09. The summed E-state index contributed by atoms with van der Waals surface area (Å²) >= 11 is 6.04. The number of nitrogens with zero attached hydrogens (tertiary/aromatic N) is 2. The Balaban J connectivity index is 1.73. The van der Waals surface area contributed by atoms with Gasteiger partial charge in [-0.1, -0.05) is 53.6 Å². The fraction of sp³-hybridized carbons (Fsp3) is 0.138. The van der Waals surface area contributed by atoms with Gasteiger partial charge in [-0.3, -0.25) is 9.79 Å². The third-order valence-corrected chi connectivity index (χ3v) is 7.13. The van der Waals surface area contributed by atoms with Crippen LogP contribution < -0.4 is 5.63 Å². The van der Waals surface area contributed by atoms with Crippen LogP contribution in [0.5, 0.6) is 5.75 Å². The molecule has 37 heavy (non-hydrogen) atoms. The van der Waals surface area contributed by atoms with E-state index in [1.807, 2.05) is 19.1 Å². The lowest BCUT2D eigenvalue weighted by Crippen LogP contribution is -2.45. The first-order valence-electron chi connectivity index (χ1n) is 11.7. The highest BCUT2D eigenvalue weighted by atomic mass is 35.5. The summed E-state index contributed by atoms with van der Waals surface area (Å²) in [6.07, 6.45) is 0. The highest BCUT2D eigenvalue weighted by molar-refractivity contribution is 6.35. The predicted octanol–water partition coefficient (Wildman–Crippen LogP) is 4.67. The lowest BCUT2D eigenvalue weighted by atomic mass is 9.85. The Bertz CT molecular complexity index is 1700. The van der Waals surface area contributed by atoms with E-state index in [1.165, 1.54) is 0 Å². The van der Waals surface area contributed by atoms with E-state index in [2.05, 4.69) is 4.99 Å². The molecule has 0 amide bonds. The van der Waals surface area contributed by atoms with Crippen LogP contribution >= 0.6 is 11.6 Å². The summed E-state index contributed by atoms with van der Waals surface area (Å²) in [4.78, 5) is 33.6. The number of ketones is 1. The van der Waals surface area contributed by atoms with Crippen LogP contribution in [0, 0.1) is 6.92 Å². The maximum absolute atomic E-state index is 14.0. The maximum Gasteiger partial charge on any atom is 0.347 e. The molecular formula is C29H21ClN2O5. The molecule has 0 saturated carbocycles. The second-order valence-corrected chi connectivity index (χ2v) is 9.53. The molecule has 0 aliphatic carbocycles. The quantitative estimate of drug-likeness (QED) is 0.304. The molecule has 3 heterocycles. The van der Waals surface area contributed by atoms with Gasteiger partial charge in [0.1, 0.15) is 22.7 Å². The van der Waals surface area contributed by atoms with Crippen LogP contribution in [0.4, 0.5) is 0 Å². The molecule has 0 spiro atoms. The number of aryl methyl sites for hydroxylation is 1. The molecule has 2 N–H and O–H groups in total. The van der Waals surface area contributed by atoms with Crippen molar-refractivity contribution in [3.63, 3.8) is 0 Å². The Labute approximate surface area is 216 Å². The van der Waals surface area contributed by atoms with E-state index in [4.69, 9.17) is 16.0 Å². The summed E-state index contributed by atoms with van der Waals surface area (Å²) in [5, 5.41) is 24.6. The molecular weight excluding hydrogens is 492 g/mol. The van der Waals surface area contributed by atoms with Crippen LogP contribution in [-0.2, 0) is 5.72 Å². The van der Waals surface area contributed by atoms with E-state index in [9.17, 15) is 19.8 Å². The molecule has 1 aromatic heterocycles. The van der Waals surface area contributed by atoms with Gasteiger partial charge in [-0.15, -0.1) is 0 Å². The van der Waals surface area contributed by atoms with E-state index in [-0.39, 0.29) is 39.3 Å². The number of amidine groups is 1. The molecule has 3 aromatic carbocycles. The molecule has 4 aromatic rings. The molecule has 2 aliphatic heterocycles. The average molecular weight is 513 g/mol. The van der Waals surface area contributed by atoms with Crippen LogP contribution in [0.2, 0.25) is 5.02 Å². The molecule has 0 bridgehead atoms. The zero-order valence-corrected chi connectivity index (χ0v) is 20.5. The van der Waals surface area contributed by atoms with Gasteiger partial charge in [-0.05, 0) is 43.3 Å². The van der Waals surface area contributed by atoms with Crippen LogP contribution in [-0.4, -0.2) is 39.8 Å². The standard InChI is InChI=1S/C29H21ClN2O5/c1-16-6-10-18(11-7-16)29(36)24(23-26(34)20-4-2-3-5-21(20)37-28(23)35)22(27-31-14-15-32(27)29)25(33)17-8-12-19(30)13-9-17/h2-13,34,36H,14-15H2,1H3. The number of benzene rings is 3. The lowest BCUT2D eigenvalue weighted by Gasteiger charge is -2.35. The molecule has 184 valence electrons. The van der Waals surface area contributed by atoms with Gasteiger partial charge in [-0.2, -0.15) is 0 Å². The molecule has 1 atom stereocenters. The predicted molar refractivity (Wildman–Crippen MR) is 141 cm³/mol. The first-order valence-corrected chi connectivity index (χ1v) is 12.1. The number of para-hydroxylation sites is 1. The Morgan fingerprint density at radius 2 is 1.76 bits per heavy atom. The van der Waals surface area contributed by atoms with Crippen molar-refractivity contribution in [2.24, 2.45) is 4.99 Å². The van der Waals surface area contributed by atoms with Gasteiger partial charge in [0.15, 0.2) is 11.5 Å². The third kappa shape index (κ3) is 3.43. The first-order chi connectivity index (χ1) is 17.8. The molecule has 0 fully saturated rings. The van der Waals surface area contributed by atoms with E-state index < -0.39 is 17.1 Å². The molecule has 0 radical (unpaired) electrons. The van der Waals surface area contributed by atoms with E-state index in [1.54, 1.807) is 65.6 Å². The van der Waals surface area contributed by atoms with E-state index in [0.717, 1.165) is 5.56 Å². The Kier molecular flexibility index (Phi) is 5.29. The topological polar surface area (TPSA) is 103 Å². The summed E-state index contributed by atoms with van der Waals surface area (Å²) in [5.74, 6) is -0.590. The van der Waals surface area contributed by atoms with E-state index >= 15 is 0 Å². The van der Waals surface area contributed by atoms with Gasteiger partial charge in [0.25, 0.3) is 0 Å². The van der Waals surface area contributed by atoms with Crippen LogP contribution in [0.25, 0.3) is 16.5 Å². The molecule has 8 heteroatoms. The number of aromatic hydroxyl groups is 1. The fourth-order valence-electron chi connectivity index (χ4n) is 5.10. The fourth-order valence-corrected chi connectivity index (χ4v) is 5.22. The highest BCUT2D eigenvalue weighted by Crippen LogP contribution is 2.51. The number of carbonyl (C=O) groups is 1. The Morgan fingerprint density at radius 1 is 1.05 bits per heavy atom. The van der Waals surface area contributed by atoms with Gasteiger partial charge in [-0.25, -0.2) is 4.79 Å². The van der Waals surface area contributed by atoms with Crippen molar-refractivity contribution < 1.29 is 19.4 Å². The number of carbonyl (C=O) groups excluding carboxylic acids is 1. The summed E-state index contributed by atoms with van der Waals surface area (Å²) < 4.78 is 5.56. The monoisotopic (exact) mass is 512 g/mol. The maximum atomic E-state index is 14.0. The zero-order valence-electron chi connectivity index (χ0n) is 19.7. The van der Waals surface area contributed by atoms with Gasteiger partial charge in [0, 0.05) is 28.3 Å². The van der Waals surface area contributed by atoms with Crippen LogP contribution in [0.1, 0.15) is 27.0 Å². The van der Waals surface area contributed by atoms with Crippen molar-refractivity contribution >= 4 is 39.8 Å². The number of hydrogen-bond donors (Lipinski definition) is 2. The smallest absolute Gasteiger partial charge is 0.347 e. The number of Topliss-reactive ketones (excluding diaryl/α,β-unsaturated/α-hetero) is 1. The van der Waals surface area contributed by atoms with Gasteiger partial charge < -0.3 is 19.5 Å². The average Bonchev–Trinajstić information content (AvgIpc) is 3.46. The first kappa shape index (κ1) is 23.2. The van der Waals surface area contributed by atoms with Crippen molar-refractivity contribution in [3.05, 3.63) is 116 Å². The Morgan fingerprint density at radius 3 is 2.49 bits per heavy atom. The van der Waals surface area contributed by atoms with Crippen molar-refractivity contribution in [1.82, 2.24) is 4.90 Å². The molecule has 2 aliphatic rings. The largest absolute Gasteiger partial charge is 0.506 e. The van der Waals surface area contributed by atoms with Crippen molar-refractivity contribution in [3.8, 4) is 5.75 Å². The minimum Gasteiger partial charge on any atom is -0.506 e. The number of aliphatic hydroxyl groups is 1. The number of fused-ring (bicyclic) bond motifs is 2. The van der Waals surface area contributed by atoms with Crippen LogP contribution in [0.3, 0.4) is 0 Å². The summed E-state index contributed by atoms with van der Waals surface area (Å²) in [6.45, 7) is 2.58. The van der Waals surface area contributed by atoms with Crippen molar-refractivity contribution in [2.75, 3.05) is 13.1 Å². The second kappa shape index (κ2) is 8.44. The molecule has 7 nitrogen and oxygen atoms in total. The number of hydrogen-bond acceptors (Lipinski definition) is 7. The van der Waals surface area contributed by atoms with Crippen molar-refractivity contribution in [2.45, 2.75) is 12.6 Å². The highest BCUT2D eigenvalue weighted by Gasteiger charge is 2.55. The van der Waals surface area contributed by atoms with Gasteiger partial charge in [0.2, 0.25) is 0 Å². The number of halogens is 1. The van der Waals surface area contributed by atoms with Gasteiger partial charge >= 0.3 is 5.63 Å². The minimum absolute atomic E-state index is 0.0285. The van der Waals surface area contributed by atoms with E-state index in [0.29, 0.717) is 29.2 Å². The minimum atomic E-state index is -1.96. The van der Waals surface area contributed by atoms with Gasteiger partial charge in [0.05, 0.1) is 17.5 Å². The SMILES string of the molecule is Cc1ccc(C2(O)C(c3c(O)c4ccccc4oc3=O)=C(C(=O)c3ccc(Cl)cc3)C3=NCCN32)cc1. The van der Waals surface area contributed by atoms with Crippen LogP contribution in [0.15, 0.2) is 92.6 Å². The normalized spacial score (nSPS) is 18.9. The zero-order chi connectivity index (χ0) is 25.9. The molecule has 1 unspecified atom stereocenters.